The van der Waals surface area contributed by atoms with Crippen molar-refractivity contribution in [1.29, 1.82) is 0 Å². The maximum Gasteiger partial charge on any atom is 0.305 e. The van der Waals surface area contributed by atoms with E-state index < -0.39 is 12.1 Å². The third kappa shape index (κ3) is 9.08. The highest BCUT2D eigenvalue weighted by molar-refractivity contribution is 5.67. The van der Waals surface area contributed by atoms with Gasteiger partial charge in [-0.25, -0.2) is 0 Å². The van der Waals surface area contributed by atoms with Crippen LogP contribution in [0.25, 0.3) is 0 Å². The molecule has 0 radical (unpaired) electrons. The van der Waals surface area contributed by atoms with Crippen molar-refractivity contribution in [3.8, 4) is 0 Å². The Morgan fingerprint density at radius 2 is 2.15 bits per heavy atom. The highest BCUT2D eigenvalue weighted by Crippen LogP contribution is 2.05. The van der Waals surface area contributed by atoms with E-state index in [4.69, 9.17) is 5.11 Å². The molecule has 13 heavy (non-hydrogen) atoms. The van der Waals surface area contributed by atoms with Crippen LogP contribution in [0.4, 0.5) is 0 Å². The second-order valence-electron chi connectivity index (χ2n) is 3.06. The molecule has 76 valence electrons. The fourth-order valence-electron chi connectivity index (χ4n) is 1.06. The number of unbranched alkanes of at least 4 members (excludes halogenated alkanes) is 1. The molecule has 0 aliphatic heterocycles. The fourth-order valence-corrected chi connectivity index (χ4v) is 1.06. The van der Waals surface area contributed by atoms with E-state index in [1.54, 1.807) is 0 Å². The molecule has 3 heteroatoms. The summed E-state index contributed by atoms with van der Waals surface area (Å²) in [5.74, 6) is -0.934. The first-order valence-corrected chi connectivity index (χ1v) is 4.71. The molecule has 0 aromatic heterocycles. The van der Waals surface area contributed by atoms with Crippen molar-refractivity contribution in [3.05, 3.63) is 12.2 Å². The van der Waals surface area contributed by atoms with E-state index >= 15 is 0 Å². The third-order valence-corrected chi connectivity index (χ3v) is 1.72. The quantitative estimate of drug-likeness (QED) is 0.472. The van der Waals surface area contributed by atoms with Crippen LogP contribution in [0, 0.1) is 0 Å². The number of carboxylic acid groups (broad SMARTS) is 1. The number of allylic oxidation sites excluding steroid dienone is 2. The summed E-state index contributed by atoms with van der Waals surface area (Å²) in [6, 6.07) is 0. The van der Waals surface area contributed by atoms with Crippen molar-refractivity contribution in [2.75, 3.05) is 0 Å². The molecular formula is C10H18O3. The van der Waals surface area contributed by atoms with Gasteiger partial charge in [-0.15, -0.1) is 0 Å². The molecule has 0 spiro atoms. The van der Waals surface area contributed by atoms with Crippen LogP contribution < -0.4 is 0 Å². The van der Waals surface area contributed by atoms with E-state index in [0.717, 1.165) is 19.3 Å². The lowest BCUT2D eigenvalue weighted by Gasteiger charge is -2.05. The Bertz CT molecular complexity index is 164. The monoisotopic (exact) mass is 186 g/mol. The Labute approximate surface area is 79.1 Å². The van der Waals surface area contributed by atoms with Gasteiger partial charge in [-0.1, -0.05) is 19.1 Å². The summed E-state index contributed by atoms with van der Waals surface area (Å²) in [6.45, 7) is 2.07. The van der Waals surface area contributed by atoms with Gasteiger partial charge in [0, 0.05) is 0 Å². The van der Waals surface area contributed by atoms with Crippen molar-refractivity contribution in [3.63, 3.8) is 0 Å². The molecule has 0 aromatic rings. The molecule has 0 saturated heterocycles. The van der Waals surface area contributed by atoms with Gasteiger partial charge in [0.05, 0.1) is 12.5 Å². The van der Waals surface area contributed by atoms with Crippen LogP contribution in [0.2, 0.25) is 0 Å². The zero-order chi connectivity index (χ0) is 10.1. The Balaban J connectivity index is 3.31. The first-order chi connectivity index (χ1) is 6.16. The molecule has 0 rings (SSSR count). The van der Waals surface area contributed by atoms with E-state index in [9.17, 15) is 9.90 Å². The van der Waals surface area contributed by atoms with E-state index in [1.165, 1.54) is 0 Å². The summed E-state index contributed by atoms with van der Waals surface area (Å²) in [5.41, 5.74) is 0. The number of rotatable bonds is 7. The average Bonchev–Trinajstić information content (AvgIpc) is 2.02. The predicted molar refractivity (Wildman–Crippen MR) is 51.5 cm³/mol. The van der Waals surface area contributed by atoms with Gasteiger partial charge in [0.15, 0.2) is 0 Å². The van der Waals surface area contributed by atoms with E-state index in [-0.39, 0.29) is 6.42 Å². The first-order valence-electron chi connectivity index (χ1n) is 4.71. The van der Waals surface area contributed by atoms with Crippen molar-refractivity contribution in [2.45, 2.75) is 45.1 Å². The summed E-state index contributed by atoms with van der Waals surface area (Å²) in [4.78, 5) is 10.2. The minimum Gasteiger partial charge on any atom is -0.481 e. The normalized spacial score (nSPS) is 13.4. The largest absolute Gasteiger partial charge is 0.481 e. The molecule has 1 unspecified atom stereocenters. The standard InChI is InChI=1S/C10H18O3/c1-2-3-4-5-6-7-9(11)8-10(12)13/h3-4,9,11H,2,5-8H2,1H3,(H,12,13)/b4-3+. The van der Waals surface area contributed by atoms with E-state index in [1.807, 2.05) is 0 Å². The molecule has 0 aromatic carbocycles. The molecule has 0 aliphatic rings. The molecule has 0 saturated carbocycles. The molecule has 3 nitrogen and oxygen atoms in total. The minimum atomic E-state index is -0.934. The number of carboxylic acids is 1. The van der Waals surface area contributed by atoms with Gasteiger partial charge in [0.1, 0.15) is 0 Å². The van der Waals surface area contributed by atoms with Crippen molar-refractivity contribution in [2.24, 2.45) is 0 Å². The van der Waals surface area contributed by atoms with Crippen molar-refractivity contribution < 1.29 is 15.0 Å². The lowest BCUT2D eigenvalue weighted by Crippen LogP contribution is -2.12. The van der Waals surface area contributed by atoms with Crippen molar-refractivity contribution in [1.82, 2.24) is 0 Å². The summed E-state index contributed by atoms with van der Waals surface area (Å²) in [6.07, 6.45) is 6.68. The maximum absolute atomic E-state index is 10.2. The number of hydrogen-bond acceptors (Lipinski definition) is 2. The SMILES string of the molecule is CC/C=C/CCCC(O)CC(=O)O. The van der Waals surface area contributed by atoms with Gasteiger partial charge in [-0.05, 0) is 25.7 Å². The number of carbonyl (C=O) groups is 1. The van der Waals surface area contributed by atoms with E-state index in [2.05, 4.69) is 19.1 Å². The van der Waals surface area contributed by atoms with Gasteiger partial charge in [0.2, 0.25) is 0 Å². The summed E-state index contributed by atoms with van der Waals surface area (Å²) in [7, 11) is 0. The second-order valence-corrected chi connectivity index (χ2v) is 3.06. The molecule has 0 fully saturated rings. The van der Waals surface area contributed by atoms with Crippen LogP contribution in [-0.4, -0.2) is 22.3 Å². The first kappa shape index (κ1) is 12.2. The number of aliphatic carboxylic acids is 1. The lowest BCUT2D eigenvalue weighted by atomic mass is 10.1. The highest BCUT2D eigenvalue weighted by Gasteiger charge is 2.07. The molecule has 1 atom stereocenters. The molecule has 2 N–H and O–H groups in total. The number of aliphatic hydroxyl groups excluding tert-OH is 1. The Kier molecular flexibility index (Phi) is 7.30. The number of aliphatic hydroxyl groups is 1. The van der Waals surface area contributed by atoms with Gasteiger partial charge >= 0.3 is 5.97 Å². The summed E-state index contributed by atoms with van der Waals surface area (Å²) >= 11 is 0. The second kappa shape index (κ2) is 7.80. The third-order valence-electron chi connectivity index (χ3n) is 1.72. The van der Waals surface area contributed by atoms with Crippen LogP contribution in [0.5, 0.6) is 0 Å². The summed E-state index contributed by atoms with van der Waals surface area (Å²) < 4.78 is 0. The lowest BCUT2D eigenvalue weighted by molar-refractivity contribution is -0.139. The van der Waals surface area contributed by atoms with Gasteiger partial charge < -0.3 is 10.2 Å². The van der Waals surface area contributed by atoms with E-state index in [0.29, 0.717) is 6.42 Å². The van der Waals surface area contributed by atoms with Crippen LogP contribution >= 0.6 is 0 Å². The molecule has 0 aliphatic carbocycles. The smallest absolute Gasteiger partial charge is 0.305 e. The molecule has 0 amide bonds. The zero-order valence-corrected chi connectivity index (χ0v) is 8.07. The fraction of sp³-hybridized carbons (Fsp3) is 0.700. The minimum absolute atomic E-state index is 0.141. The maximum atomic E-state index is 10.2. The highest BCUT2D eigenvalue weighted by atomic mass is 16.4. The Hall–Kier alpha value is -0.830. The number of hydrogen-bond donors (Lipinski definition) is 2. The summed E-state index contributed by atoms with van der Waals surface area (Å²) in [5, 5.41) is 17.5. The molecule has 0 bridgehead atoms. The average molecular weight is 186 g/mol. The van der Waals surface area contributed by atoms with Gasteiger partial charge in [-0.3, -0.25) is 4.79 Å². The van der Waals surface area contributed by atoms with Crippen LogP contribution in [-0.2, 0) is 4.79 Å². The van der Waals surface area contributed by atoms with Crippen molar-refractivity contribution >= 4 is 5.97 Å². The van der Waals surface area contributed by atoms with Crippen LogP contribution in [0.3, 0.4) is 0 Å². The Morgan fingerprint density at radius 1 is 1.46 bits per heavy atom. The molecular weight excluding hydrogens is 168 g/mol. The predicted octanol–water partition coefficient (Wildman–Crippen LogP) is 1.96. The van der Waals surface area contributed by atoms with Crippen LogP contribution in [0.15, 0.2) is 12.2 Å². The van der Waals surface area contributed by atoms with Gasteiger partial charge in [0.25, 0.3) is 0 Å². The molecule has 0 heterocycles. The van der Waals surface area contributed by atoms with Crippen LogP contribution in [0.1, 0.15) is 39.0 Å². The topological polar surface area (TPSA) is 57.5 Å². The Morgan fingerprint density at radius 3 is 2.69 bits per heavy atom. The zero-order valence-electron chi connectivity index (χ0n) is 8.07. The van der Waals surface area contributed by atoms with Gasteiger partial charge in [-0.2, -0.15) is 0 Å².